The van der Waals surface area contributed by atoms with Gasteiger partial charge in [0.1, 0.15) is 12.5 Å². The summed E-state index contributed by atoms with van der Waals surface area (Å²) in [4.78, 5) is 23.4. The summed E-state index contributed by atoms with van der Waals surface area (Å²) in [7, 11) is 0. The number of hydrogen-bond donors (Lipinski definition) is 3. The summed E-state index contributed by atoms with van der Waals surface area (Å²) in [5.74, 6) is 0. The van der Waals surface area contributed by atoms with E-state index in [1.165, 1.54) is 12.5 Å². The first-order valence-corrected chi connectivity index (χ1v) is 10.1. The van der Waals surface area contributed by atoms with Crippen LogP contribution in [0.3, 0.4) is 0 Å². The molecule has 0 aliphatic heterocycles. The molecule has 0 unspecified atom stereocenters. The Morgan fingerprint density at radius 1 is 0.821 bits per heavy atom. The number of rotatable bonds is 12. The van der Waals surface area contributed by atoms with Crippen LogP contribution in [-0.4, -0.2) is 21.5 Å². The smallest absolute Gasteiger partial charge is 0.283 e. The standard InChI is InChI=1S/C21H34N2O5/c1-20(2,16-13-27-22-18(16)25)11-7-5-9-15(24)10-6-8-12-21(3,4)17-14-28-23-19(17)26/h13-15,24H,5-12H2,1-4H3,(H,22,25)(H,23,26). The van der Waals surface area contributed by atoms with Gasteiger partial charge < -0.3 is 14.2 Å². The summed E-state index contributed by atoms with van der Waals surface area (Å²) >= 11 is 0. The van der Waals surface area contributed by atoms with E-state index in [1.54, 1.807) is 0 Å². The molecule has 2 heterocycles. The van der Waals surface area contributed by atoms with Crippen LogP contribution >= 0.6 is 0 Å². The van der Waals surface area contributed by atoms with Gasteiger partial charge in [-0.3, -0.25) is 9.59 Å². The molecule has 0 atom stereocenters. The molecule has 0 aliphatic rings. The van der Waals surface area contributed by atoms with Crippen molar-refractivity contribution < 1.29 is 14.2 Å². The summed E-state index contributed by atoms with van der Waals surface area (Å²) in [6.45, 7) is 8.15. The molecule has 3 N–H and O–H groups in total. The SMILES string of the molecule is CC(C)(CCCCC(O)CCCCC(C)(C)c1co[nH]c1=O)c1co[nH]c1=O. The lowest BCUT2D eigenvalue weighted by atomic mass is 9.81. The molecule has 2 aromatic heterocycles. The van der Waals surface area contributed by atoms with E-state index in [0.29, 0.717) is 11.1 Å². The van der Waals surface area contributed by atoms with Crippen molar-refractivity contribution in [2.75, 3.05) is 0 Å². The Hall–Kier alpha value is -2.02. The highest BCUT2D eigenvalue weighted by atomic mass is 16.5. The summed E-state index contributed by atoms with van der Waals surface area (Å²) < 4.78 is 9.77. The molecule has 0 spiro atoms. The highest BCUT2D eigenvalue weighted by Gasteiger charge is 2.26. The molecule has 2 rings (SSSR count). The quantitative estimate of drug-likeness (QED) is 0.471. The molecule has 7 nitrogen and oxygen atoms in total. The van der Waals surface area contributed by atoms with Gasteiger partial charge in [0.05, 0.1) is 17.2 Å². The number of unbranched alkanes of at least 4 members (excludes halogenated alkanes) is 2. The van der Waals surface area contributed by atoms with E-state index in [4.69, 9.17) is 9.05 Å². The first-order chi connectivity index (χ1) is 13.1. The molecule has 0 saturated heterocycles. The Morgan fingerprint density at radius 3 is 1.54 bits per heavy atom. The van der Waals surface area contributed by atoms with Gasteiger partial charge in [-0.1, -0.05) is 53.4 Å². The molecule has 0 bridgehead atoms. The van der Waals surface area contributed by atoms with E-state index in [2.05, 4.69) is 10.3 Å². The largest absolute Gasteiger partial charge is 0.393 e. The predicted octanol–water partition coefficient (Wildman–Crippen LogP) is 3.99. The highest BCUT2D eigenvalue weighted by Crippen LogP contribution is 2.28. The Bertz CT molecular complexity index is 756. The van der Waals surface area contributed by atoms with Crippen molar-refractivity contribution in [3.8, 4) is 0 Å². The average molecular weight is 395 g/mol. The number of nitrogens with one attached hydrogen (secondary N) is 2. The van der Waals surface area contributed by atoms with E-state index in [1.807, 2.05) is 27.7 Å². The van der Waals surface area contributed by atoms with Gasteiger partial charge in [0.25, 0.3) is 11.1 Å². The van der Waals surface area contributed by atoms with Gasteiger partial charge in [0.2, 0.25) is 0 Å². The second-order valence-electron chi connectivity index (χ2n) is 9.07. The molecule has 0 amide bonds. The zero-order valence-electron chi connectivity index (χ0n) is 17.5. The third-order valence-electron chi connectivity index (χ3n) is 5.78. The van der Waals surface area contributed by atoms with Crippen molar-refractivity contribution in [3.05, 3.63) is 44.4 Å². The van der Waals surface area contributed by atoms with E-state index >= 15 is 0 Å². The van der Waals surface area contributed by atoms with Crippen molar-refractivity contribution >= 4 is 0 Å². The third kappa shape index (κ3) is 5.99. The Kier molecular flexibility index (Phi) is 7.52. The van der Waals surface area contributed by atoms with Gasteiger partial charge in [0, 0.05) is 0 Å². The zero-order chi connectivity index (χ0) is 20.8. The maximum atomic E-state index is 11.7. The summed E-state index contributed by atoms with van der Waals surface area (Å²) in [6.07, 6.45) is 9.71. The van der Waals surface area contributed by atoms with Crippen LogP contribution in [0.4, 0.5) is 0 Å². The van der Waals surface area contributed by atoms with Crippen molar-refractivity contribution in [3.63, 3.8) is 0 Å². The fourth-order valence-electron chi connectivity index (χ4n) is 3.74. The van der Waals surface area contributed by atoms with Crippen LogP contribution in [0.5, 0.6) is 0 Å². The fourth-order valence-corrected chi connectivity index (χ4v) is 3.74. The molecule has 0 aliphatic carbocycles. The number of aliphatic hydroxyl groups is 1. The minimum atomic E-state index is -0.305. The Morgan fingerprint density at radius 2 is 1.21 bits per heavy atom. The zero-order valence-corrected chi connectivity index (χ0v) is 17.5. The number of H-pyrrole nitrogens is 2. The molecule has 28 heavy (non-hydrogen) atoms. The maximum Gasteiger partial charge on any atom is 0.283 e. The second kappa shape index (κ2) is 9.45. The lowest BCUT2D eigenvalue weighted by Crippen LogP contribution is -2.24. The second-order valence-corrected chi connectivity index (χ2v) is 9.07. The lowest BCUT2D eigenvalue weighted by Gasteiger charge is -2.22. The normalized spacial score (nSPS) is 12.8. The van der Waals surface area contributed by atoms with Crippen LogP contribution in [0.25, 0.3) is 0 Å². The van der Waals surface area contributed by atoms with E-state index < -0.39 is 0 Å². The van der Waals surface area contributed by atoms with Gasteiger partial charge in [-0.15, -0.1) is 0 Å². The van der Waals surface area contributed by atoms with Crippen LogP contribution in [0.2, 0.25) is 0 Å². The van der Waals surface area contributed by atoms with E-state index in [-0.39, 0.29) is 28.1 Å². The molecule has 0 saturated carbocycles. The summed E-state index contributed by atoms with van der Waals surface area (Å²) in [6, 6.07) is 0. The molecule has 0 radical (unpaired) electrons. The minimum absolute atomic E-state index is 0.162. The summed E-state index contributed by atoms with van der Waals surface area (Å²) in [5.41, 5.74) is 0.555. The summed E-state index contributed by atoms with van der Waals surface area (Å²) in [5, 5.41) is 14.9. The molecular formula is C21H34N2O5. The topological polar surface area (TPSA) is 112 Å². The predicted molar refractivity (Wildman–Crippen MR) is 108 cm³/mol. The Balaban J connectivity index is 1.62. The number of aromatic amines is 2. The molecule has 158 valence electrons. The molecular weight excluding hydrogens is 360 g/mol. The van der Waals surface area contributed by atoms with Crippen LogP contribution in [0.1, 0.15) is 90.2 Å². The first-order valence-electron chi connectivity index (χ1n) is 10.1. The van der Waals surface area contributed by atoms with Crippen LogP contribution in [0, 0.1) is 0 Å². The van der Waals surface area contributed by atoms with Crippen LogP contribution < -0.4 is 11.1 Å². The van der Waals surface area contributed by atoms with E-state index in [0.717, 1.165) is 51.4 Å². The first kappa shape index (κ1) is 22.3. The molecule has 7 heteroatoms. The van der Waals surface area contributed by atoms with Gasteiger partial charge in [0.15, 0.2) is 0 Å². The maximum absolute atomic E-state index is 11.7. The van der Waals surface area contributed by atoms with E-state index in [9.17, 15) is 14.7 Å². The fraction of sp³-hybridized carbons (Fsp3) is 0.714. The molecule has 0 fully saturated rings. The Labute approximate surface area is 165 Å². The average Bonchev–Trinajstić information content (AvgIpc) is 3.24. The van der Waals surface area contributed by atoms with Crippen molar-refractivity contribution in [1.82, 2.24) is 10.3 Å². The van der Waals surface area contributed by atoms with Gasteiger partial charge in [-0.25, -0.2) is 0 Å². The van der Waals surface area contributed by atoms with Gasteiger partial charge >= 0.3 is 0 Å². The third-order valence-corrected chi connectivity index (χ3v) is 5.78. The number of hydrogen-bond acceptors (Lipinski definition) is 5. The number of aliphatic hydroxyl groups excluding tert-OH is 1. The molecule has 0 aromatic carbocycles. The van der Waals surface area contributed by atoms with Crippen LogP contribution in [0.15, 0.2) is 31.2 Å². The number of aromatic nitrogens is 2. The molecule has 2 aromatic rings. The highest BCUT2D eigenvalue weighted by molar-refractivity contribution is 5.15. The van der Waals surface area contributed by atoms with Gasteiger partial charge in [-0.2, -0.15) is 10.3 Å². The van der Waals surface area contributed by atoms with Crippen molar-refractivity contribution in [2.45, 2.75) is 96.0 Å². The monoisotopic (exact) mass is 394 g/mol. The van der Waals surface area contributed by atoms with Crippen molar-refractivity contribution in [2.24, 2.45) is 0 Å². The van der Waals surface area contributed by atoms with Crippen LogP contribution in [-0.2, 0) is 10.8 Å². The van der Waals surface area contributed by atoms with Crippen molar-refractivity contribution in [1.29, 1.82) is 0 Å². The lowest BCUT2D eigenvalue weighted by molar-refractivity contribution is 0.145. The van der Waals surface area contributed by atoms with Gasteiger partial charge in [-0.05, 0) is 36.5 Å². The minimum Gasteiger partial charge on any atom is -0.393 e.